The minimum Gasteiger partial charge on any atom is -0.392 e. The molecule has 0 aromatic heterocycles. The van der Waals surface area contributed by atoms with Gasteiger partial charge in [0, 0.05) is 24.8 Å². The fourth-order valence-corrected chi connectivity index (χ4v) is 1.13. The first-order valence-corrected chi connectivity index (χ1v) is 4.87. The van der Waals surface area contributed by atoms with Gasteiger partial charge in [-0.15, -0.1) is 0 Å². The van der Waals surface area contributed by atoms with Crippen molar-refractivity contribution in [3.05, 3.63) is 29.8 Å². The van der Waals surface area contributed by atoms with E-state index in [-0.39, 0.29) is 12.5 Å². The maximum absolute atomic E-state index is 11.5. The normalized spacial score (nSPS) is 11.9. The van der Waals surface area contributed by atoms with E-state index in [1.807, 2.05) is 19.2 Å². The molecule has 15 heavy (non-hydrogen) atoms. The minimum atomic E-state index is -0.523. The molecule has 1 aromatic rings. The largest absolute Gasteiger partial charge is 0.392 e. The number of nitrogens with one attached hydrogen (secondary N) is 2. The summed E-state index contributed by atoms with van der Waals surface area (Å²) in [5.41, 5.74) is 1.55. The summed E-state index contributed by atoms with van der Waals surface area (Å²) in [6.45, 7) is 1.90. The highest BCUT2D eigenvalue weighted by atomic mass is 16.3. The highest BCUT2D eigenvalue weighted by Gasteiger charge is 2.05. The Hall–Kier alpha value is -1.55. The van der Waals surface area contributed by atoms with Crippen LogP contribution in [-0.2, 0) is 0 Å². The molecule has 0 aliphatic heterocycles. The average Bonchev–Trinajstić information content (AvgIpc) is 2.26. The minimum absolute atomic E-state index is 0.168. The van der Waals surface area contributed by atoms with E-state index in [1.54, 1.807) is 19.1 Å². The second-order valence-corrected chi connectivity index (χ2v) is 3.39. The van der Waals surface area contributed by atoms with Crippen molar-refractivity contribution in [2.45, 2.75) is 13.0 Å². The van der Waals surface area contributed by atoms with Crippen LogP contribution >= 0.6 is 0 Å². The molecule has 1 rings (SSSR count). The Morgan fingerprint density at radius 1 is 1.40 bits per heavy atom. The molecule has 0 unspecified atom stereocenters. The number of aliphatic hydroxyl groups is 1. The zero-order valence-corrected chi connectivity index (χ0v) is 8.95. The van der Waals surface area contributed by atoms with Crippen LogP contribution in [0.5, 0.6) is 0 Å². The van der Waals surface area contributed by atoms with Gasteiger partial charge in [-0.3, -0.25) is 4.79 Å². The van der Waals surface area contributed by atoms with E-state index in [0.29, 0.717) is 5.56 Å². The number of amides is 1. The predicted octanol–water partition coefficient (Wildman–Crippen LogP) is 0.839. The van der Waals surface area contributed by atoms with Gasteiger partial charge in [0.2, 0.25) is 0 Å². The van der Waals surface area contributed by atoms with Crippen LogP contribution in [0.4, 0.5) is 5.69 Å². The fourth-order valence-electron chi connectivity index (χ4n) is 1.13. The summed E-state index contributed by atoms with van der Waals surface area (Å²) in [5, 5.41) is 14.6. The topological polar surface area (TPSA) is 61.4 Å². The Bertz CT molecular complexity index is 320. The fraction of sp³-hybridized carbons (Fsp3) is 0.364. The Morgan fingerprint density at radius 3 is 2.47 bits per heavy atom. The molecule has 0 heterocycles. The quantitative estimate of drug-likeness (QED) is 0.687. The van der Waals surface area contributed by atoms with Gasteiger partial charge in [0.05, 0.1) is 6.10 Å². The number of anilines is 1. The van der Waals surface area contributed by atoms with Crippen molar-refractivity contribution >= 4 is 11.6 Å². The SMILES string of the molecule is CNc1ccc(C(=O)NC[C@H](C)O)cc1. The van der Waals surface area contributed by atoms with Crippen molar-refractivity contribution in [3.63, 3.8) is 0 Å². The number of carbonyl (C=O) groups excluding carboxylic acids is 1. The predicted molar refractivity (Wildman–Crippen MR) is 60.0 cm³/mol. The van der Waals surface area contributed by atoms with Gasteiger partial charge < -0.3 is 15.7 Å². The second-order valence-electron chi connectivity index (χ2n) is 3.39. The summed E-state index contributed by atoms with van der Waals surface area (Å²) < 4.78 is 0. The number of carbonyl (C=O) groups is 1. The van der Waals surface area contributed by atoms with E-state index in [9.17, 15) is 4.79 Å². The lowest BCUT2D eigenvalue weighted by atomic mass is 10.2. The van der Waals surface area contributed by atoms with Gasteiger partial charge in [-0.2, -0.15) is 0 Å². The first-order chi connectivity index (χ1) is 7.13. The molecule has 0 fully saturated rings. The molecule has 1 aromatic carbocycles. The molecule has 0 radical (unpaired) electrons. The van der Waals surface area contributed by atoms with E-state index in [2.05, 4.69) is 10.6 Å². The van der Waals surface area contributed by atoms with Crippen molar-refractivity contribution in [2.75, 3.05) is 18.9 Å². The highest BCUT2D eigenvalue weighted by Crippen LogP contribution is 2.08. The number of rotatable bonds is 4. The molecule has 0 saturated heterocycles. The van der Waals surface area contributed by atoms with Crippen LogP contribution in [0.15, 0.2) is 24.3 Å². The van der Waals surface area contributed by atoms with E-state index >= 15 is 0 Å². The molecule has 82 valence electrons. The molecule has 0 aliphatic carbocycles. The molecular formula is C11H16N2O2. The van der Waals surface area contributed by atoms with Crippen LogP contribution in [0, 0.1) is 0 Å². The number of benzene rings is 1. The maximum Gasteiger partial charge on any atom is 0.251 e. The molecule has 1 atom stereocenters. The first-order valence-electron chi connectivity index (χ1n) is 4.87. The Labute approximate surface area is 89.3 Å². The zero-order chi connectivity index (χ0) is 11.3. The first kappa shape index (κ1) is 11.5. The lowest BCUT2D eigenvalue weighted by Crippen LogP contribution is -2.30. The monoisotopic (exact) mass is 208 g/mol. The van der Waals surface area contributed by atoms with Crippen LogP contribution in [0.25, 0.3) is 0 Å². The highest BCUT2D eigenvalue weighted by molar-refractivity contribution is 5.94. The molecule has 0 spiro atoms. The smallest absolute Gasteiger partial charge is 0.251 e. The van der Waals surface area contributed by atoms with E-state index in [0.717, 1.165) is 5.69 Å². The lowest BCUT2D eigenvalue weighted by molar-refractivity contribution is 0.0924. The van der Waals surface area contributed by atoms with Gasteiger partial charge in [-0.25, -0.2) is 0 Å². The van der Waals surface area contributed by atoms with Crippen LogP contribution < -0.4 is 10.6 Å². The zero-order valence-electron chi connectivity index (χ0n) is 8.95. The second kappa shape index (κ2) is 5.36. The molecule has 1 amide bonds. The average molecular weight is 208 g/mol. The van der Waals surface area contributed by atoms with Gasteiger partial charge in [0.15, 0.2) is 0 Å². The van der Waals surface area contributed by atoms with Crippen LogP contribution in [0.2, 0.25) is 0 Å². The summed E-state index contributed by atoms with van der Waals surface area (Å²) in [7, 11) is 1.82. The molecule has 0 aliphatic rings. The van der Waals surface area contributed by atoms with Gasteiger partial charge in [0.25, 0.3) is 5.91 Å². The summed E-state index contributed by atoms with van der Waals surface area (Å²) in [6, 6.07) is 7.14. The Balaban J connectivity index is 2.58. The summed E-state index contributed by atoms with van der Waals surface area (Å²) in [6.07, 6.45) is -0.523. The molecular weight excluding hydrogens is 192 g/mol. The van der Waals surface area contributed by atoms with Crippen LogP contribution in [-0.4, -0.2) is 30.7 Å². The number of hydrogen-bond donors (Lipinski definition) is 3. The molecule has 0 saturated carbocycles. The van der Waals surface area contributed by atoms with Gasteiger partial charge in [-0.05, 0) is 31.2 Å². The standard InChI is InChI=1S/C11H16N2O2/c1-8(14)7-13-11(15)9-3-5-10(12-2)6-4-9/h3-6,8,12,14H,7H2,1-2H3,(H,13,15)/t8-/m0/s1. The van der Waals surface area contributed by atoms with Gasteiger partial charge in [-0.1, -0.05) is 0 Å². The molecule has 4 nitrogen and oxygen atoms in total. The molecule has 4 heteroatoms. The van der Waals surface area contributed by atoms with Crippen molar-refractivity contribution in [3.8, 4) is 0 Å². The number of aliphatic hydroxyl groups excluding tert-OH is 1. The third-order valence-corrected chi connectivity index (χ3v) is 1.99. The number of hydrogen-bond acceptors (Lipinski definition) is 3. The van der Waals surface area contributed by atoms with Crippen LogP contribution in [0.3, 0.4) is 0 Å². The summed E-state index contributed by atoms with van der Waals surface area (Å²) in [4.78, 5) is 11.5. The molecule has 0 bridgehead atoms. The third-order valence-electron chi connectivity index (χ3n) is 1.99. The van der Waals surface area contributed by atoms with E-state index < -0.39 is 6.10 Å². The lowest BCUT2D eigenvalue weighted by Gasteiger charge is -2.07. The third kappa shape index (κ3) is 3.59. The van der Waals surface area contributed by atoms with Gasteiger partial charge in [0.1, 0.15) is 0 Å². The Morgan fingerprint density at radius 2 is 2.00 bits per heavy atom. The van der Waals surface area contributed by atoms with Gasteiger partial charge >= 0.3 is 0 Å². The van der Waals surface area contributed by atoms with Crippen molar-refractivity contribution in [1.29, 1.82) is 0 Å². The summed E-state index contributed by atoms with van der Waals surface area (Å²) >= 11 is 0. The van der Waals surface area contributed by atoms with Crippen molar-refractivity contribution in [2.24, 2.45) is 0 Å². The van der Waals surface area contributed by atoms with E-state index in [4.69, 9.17) is 5.11 Å². The van der Waals surface area contributed by atoms with E-state index in [1.165, 1.54) is 0 Å². The maximum atomic E-state index is 11.5. The van der Waals surface area contributed by atoms with Crippen molar-refractivity contribution < 1.29 is 9.90 Å². The molecule has 3 N–H and O–H groups in total. The summed E-state index contributed by atoms with van der Waals surface area (Å²) in [5.74, 6) is -0.168. The van der Waals surface area contributed by atoms with Crippen molar-refractivity contribution in [1.82, 2.24) is 5.32 Å². The van der Waals surface area contributed by atoms with Crippen LogP contribution in [0.1, 0.15) is 17.3 Å². The Kier molecular flexibility index (Phi) is 4.12.